The molecule has 0 radical (unpaired) electrons. The maximum absolute atomic E-state index is 12.3. The molecule has 1 aliphatic heterocycles. The molecule has 0 spiro atoms. The first-order valence-electron chi connectivity index (χ1n) is 6.50. The summed E-state index contributed by atoms with van der Waals surface area (Å²) in [4.78, 5) is 18.0. The number of hydrogen-bond donors (Lipinski definition) is 0. The number of likely N-dealkylation sites (N-methyl/N-ethyl adjacent to an activating group) is 1. The summed E-state index contributed by atoms with van der Waals surface area (Å²) in [5, 5.41) is 0. The zero-order chi connectivity index (χ0) is 14.8. The highest BCUT2D eigenvalue weighted by atomic mass is 32.2. The van der Waals surface area contributed by atoms with Crippen LogP contribution >= 0.6 is 0 Å². The Morgan fingerprint density at radius 2 is 2.10 bits per heavy atom. The van der Waals surface area contributed by atoms with Gasteiger partial charge in [0.05, 0.1) is 18.8 Å². The van der Waals surface area contributed by atoms with E-state index in [-0.39, 0.29) is 18.5 Å². The number of hydrogen-bond acceptors (Lipinski definition) is 4. The van der Waals surface area contributed by atoms with Crippen molar-refractivity contribution in [1.82, 2.24) is 14.2 Å². The fraction of sp³-hybridized carbons (Fsp3) is 0.538. The van der Waals surface area contributed by atoms with Gasteiger partial charge in [0.1, 0.15) is 0 Å². The standard InChI is InChI=1S/C13H19N3O3S/c1-15(20(2,18)19)10-13(17)16-9-3-4-12(16)11-5-7-14-8-6-11/h5-8,12H,3-4,9-10H2,1-2H3/t12-/m0/s1. The molecule has 0 aromatic carbocycles. The number of nitrogens with zero attached hydrogens (tertiary/aromatic N) is 3. The van der Waals surface area contributed by atoms with Gasteiger partial charge in [-0.25, -0.2) is 8.42 Å². The number of carbonyl (C=O) groups is 1. The van der Waals surface area contributed by atoms with Crippen LogP contribution in [0.25, 0.3) is 0 Å². The summed E-state index contributed by atoms with van der Waals surface area (Å²) < 4.78 is 23.8. The first-order chi connectivity index (χ1) is 9.39. The topological polar surface area (TPSA) is 70.6 Å². The van der Waals surface area contributed by atoms with E-state index in [1.807, 2.05) is 12.1 Å². The monoisotopic (exact) mass is 297 g/mol. The lowest BCUT2D eigenvalue weighted by molar-refractivity contribution is -0.132. The summed E-state index contributed by atoms with van der Waals surface area (Å²) in [6.07, 6.45) is 6.35. The highest BCUT2D eigenvalue weighted by Crippen LogP contribution is 2.31. The number of carbonyl (C=O) groups excluding carboxylic acids is 1. The van der Waals surface area contributed by atoms with Crippen molar-refractivity contribution in [3.63, 3.8) is 0 Å². The van der Waals surface area contributed by atoms with Crippen molar-refractivity contribution in [3.05, 3.63) is 30.1 Å². The van der Waals surface area contributed by atoms with Crippen LogP contribution in [0.3, 0.4) is 0 Å². The Kier molecular flexibility index (Phi) is 4.39. The maximum atomic E-state index is 12.3. The van der Waals surface area contributed by atoms with Crippen molar-refractivity contribution < 1.29 is 13.2 Å². The summed E-state index contributed by atoms with van der Waals surface area (Å²) in [6.45, 7) is 0.559. The van der Waals surface area contributed by atoms with Crippen molar-refractivity contribution >= 4 is 15.9 Å². The molecule has 0 N–H and O–H groups in total. The van der Waals surface area contributed by atoms with Crippen LogP contribution in [0.1, 0.15) is 24.4 Å². The maximum Gasteiger partial charge on any atom is 0.238 e. The lowest BCUT2D eigenvalue weighted by Gasteiger charge is -2.26. The van der Waals surface area contributed by atoms with Gasteiger partial charge in [0.25, 0.3) is 0 Å². The quantitative estimate of drug-likeness (QED) is 0.817. The molecule has 0 unspecified atom stereocenters. The van der Waals surface area contributed by atoms with Gasteiger partial charge in [-0.1, -0.05) is 0 Å². The molecule has 110 valence electrons. The Morgan fingerprint density at radius 1 is 1.45 bits per heavy atom. The second kappa shape index (κ2) is 5.88. The van der Waals surface area contributed by atoms with E-state index in [0.717, 1.165) is 29.0 Å². The third kappa shape index (κ3) is 3.34. The predicted octanol–water partition coefficient (Wildman–Crippen LogP) is 0.637. The molecule has 1 atom stereocenters. The number of aromatic nitrogens is 1. The molecular formula is C13H19N3O3S. The van der Waals surface area contributed by atoms with Gasteiger partial charge >= 0.3 is 0 Å². The number of sulfonamides is 1. The van der Waals surface area contributed by atoms with Gasteiger partial charge < -0.3 is 4.90 Å². The van der Waals surface area contributed by atoms with Crippen LogP contribution in [-0.4, -0.2) is 54.9 Å². The van der Waals surface area contributed by atoms with E-state index in [2.05, 4.69) is 4.98 Å². The van der Waals surface area contributed by atoms with E-state index in [1.54, 1.807) is 17.3 Å². The van der Waals surface area contributed by atoms with E-state index in [4.69, 9.17) is 0 Å². The Hall–Kier alpha value is -1.47. The molecule has 1 aromatic heterocycles. The zero-order valence-electron chi connectivity index (χ0n) is 11.7. The molecular weight excluding hydrogens is 278 g/mol. The van der Waals surface area contributed by atoms with Crippen LogP contribution < -0.4 is 0 Å². The second-order valence-electron chi connectivity index (χ2n) is 5.04. The lowest BCUT2D eigenvalue weighted by atomic mass is 10.1. The van der Waals surface area contributed by atoms with Crippen LogP contribution in [0.15, 0.2) is 24.5 Å². The summed E-state index contributed by atoms with van der Waals surface area (Å²) in [5.74, 6) is -0.155. The van der Waals surface area contributed by atoms with Crippen molar-refractivity contribution in [1.29, 1.82) is 0 Å². The van der Waals surface area contributed by atoms with Gasteiger partial charge in [-0.05, 0) is 30.5 Å². The number of pyridine rings is 1. The molecule has 2 heterocycles. The molecule has 1 aromatic rings. The van der Waals surface area contributed by atoms with Crippen LogP contribution in [0.2, 0.25) is 0 Å². The molecule has 0 saturated carbocycles. The van der Waals surface area contributed by atoms with Crippen LogP contribution in [0.4, 0.5) is 0 Å². The molecule has 1 fully saturated rings. The second-order valence-corrected chi connectivity index (χ2v) is 7.13. The van der Waals surface area contributed by atoms with E-state index in [0.29, 0.717) is 6.54 Å². The molecule has 1 aliphatic rings. The Morgan fingerprint density at radius 3 is 2.70 bits per heavy atom. The zero-order valence-corrected chi connectivity index (χ0v) is 12.5. The van der Waals surface area contributed by atoms with Gasteiger partial charge in [0.15, 0.2) is 0 Å². The van der Waals surface area contributed by atoms with Crippen LogP contribution in [-0.2, 0) is 14.8 Å². The minimum Gasteiger partial charge on any atom is -0.335 e. The number of rotatable bonds is 4. The minimum atomic E-state index is -3.33. The molecule has 6 nitrogen and oxygen atoms in total. The normalized spacial score (nSPS) is 19.6. The molecule has 1 saturated heterocycles. The van der Waals surface area contributed by atoms with Crippen molar-refractivity contribution in [2.24, 2.45) is 0 Å². The number of likely N-dealkylation sites (tertiary alicyclic amines) is 1. The smallest absolute Gasteiger partial charge is 0.238 e. The SMILES string of the molecule is CN(CC(=O)N1CCC[C@H]1c1ccncc1)S(C)(=O)=O. The lowest BCUT2D eigenvalue weighted by Crippen LogP contribution is -2.40. The van der Waals surface area contributed by atoms with Crippen molar-refractivity contribution in [3.8, 4) is 0 Å². The van der Waals surface area contributed by atoms with E-state index < -0.39 is 10.0 Å². The van der Waals surface area contributed by atoms with Crippen LogP contribution in [0.5, 0.6) is 0 Å². The van der Waals surface area contributed by atoms with Gasteiger partial charge in [-0.2, -0.15) is 4.31 Å². The molecule has 7 heteroatoms. The fourth-order valence-corrected chi connectivity index (χ4v) is 2.74. The minimum absolute atomic E-state index is 0.0264. The summed E-state index contributed by atoms with van der Waals surface area (Å²) in [6, 6.07) is 3.83. The van der Waals surface area contributed by atoms with E-state index >= 15 is 0 Å². The van der Waals surface area contributed by atoms with E-state index in [9.17, 15) is 13.2 Å². The average Bonchev–Trinajstić information content (AvgIpc) is 2.87. The van der Waals surface area contributed by atoms with Gasteiger partial charge in [-0.3, -0.25) is 9.78 Å². The molecule has 1 amide bonds. The third-order valence-corrected chi connectivity index (χ3v) is 4.85. The number of amides is 1. The van der Waals surface area contributed by atoms with Gasteiger partial charge in [0.2, 0.25) is 15.9 Å². The van der Waals surface area contributed by atoms with Gasteiger partial charge in [-0.15, -0.1) is 0 Å². The fourth-order valence-electron chi connectivity index (χ4n) is 2.40. The summed E-state index contributed by atoms with van der Waals surface area (Å²) >= 11 is 0. The summed E-state index contributed by atoms with van der Waals surface area (Å²) in [5.41, 5.74) is 1.05. The van der Waals surface area contributed by atoms with Crippen molar-refractivity contribution in [2.75, 3.05) is 26.4 Å². The first kappa shape index (κ1) is 14.9. The molecule has 2 rings (SSSR count). The Bertz CT molecular complexity index is 574. The largest absolute Gasteiger partial charge is 0.335 e. The van der Waals surface area contributed by atoms with Crippen molar-refractivity contribution in [2.45, 2.75) is 18.9 Å². The molecule has 0 aliphatic carbocycles. The third-order valence-electron chi connectivity index (χ3n) is 3.59. The Labute approximate surface area is 119 Å². The predicted molar refractivity (Wildman–Crippen MR) is 75.4 cm³/mol. The Balaban J connectivity index is 2.10. The summed E-state index contributed by atoms with van der Waals surface area (Å²) in [7, 11) is -1.91. The van der Waals surface area contributed by atoms with E-state index in [1.165, 1.54) is 7.05 Å². The molecule has 20 heavy (non-hydrogen) atoms. The highest BCUT2D eigenvalue weighted by molar-refractivity contribution is 7.88. The average molecular weight is 297 g/mol. The highest BCUT2D eigenvalue weighted by Gasteiger charge is 2.31. The van der Waals surface area contributed by atoms with Gasteiger partial charge in [0, 0.05) is 26.0 Å². The van der Waals surface area contributed by atoms with Crippen LogP contribution in [0, 0.1) is 0 Å². The first-order valence-corrected chi connectivity index (χ1v) is 8.35. The molecule has 0 bridgehead atoms.